The third-order valence-electron chi connectivity index (χ3n) is 5.68. The molecule has 0 radical (unpaired) electrons. The van der Waals surface area contributed by atoms with Crippen molar-refractivity contribution >= 4 is 40.3 Å². The van der Waals surface area contributed by atoms with Crippen LogP contribution in [0.3, 0.4) is 0 Å². The molecule has 4 rings (SSSR count). The first kappa shape index (κ1) is 22.7. The number of ether oxygens (including phenoxy) is 1. The van der Waals surface area contributed by atoms with Crippen molar-refractivity contribution in [3.8, 4) is 0 Å². The first-order valence-electron chi connectivity index (χ1n) is 10.4. The van der Waals surface area contributed by atoms with Crippen LogP contribution in [-0.4, -0.2) is 58.4 Å². The van der Waals surface area contributed by atoms with Crippen LogP contribution in [0.4, 0.5) is 4.39 Å². The van der Waals surface area contributed by atoms with E-state index in [1.165, 1.54) is 30.3 Å². The molecule has 1 aromatic carbocycles. The minimum Gasteiger partial charge on any atom is -0.467 e. The molecule has 172 valence electrons. The Morgan fingerprint density at radius 1 is 1.30 bits per heavy atom. The summed E-state index contributed by atoms with van der Waals surface area (Å²) in [6, 6.07) is 7.26. The second-order valence-corrected chi connectivity index (χ2v) is 8.23. The Morgan fingerprint density at radius 3 is 2.79 bits per heavy atom. The lowest BCUT2D eigenvalue weighted by atomic mass is 10.0. The zero-order valence-corrected chi connectivity index (χ0v) is 18.6. The fourth-order valence-electron chi connectivity index (χ4n) is 4.03. The number of nitrogens with zero attached hydrogens (tertiary/aromatic N) is 2. The largest absolute Gasteiger partial charge is 0.467 e. The lowest BCUT2D eigenvalue weighted by Crippen LogP contribution is -2.52. The van der Waals surface area contributed by atoms with E-state index in [1.807, 2.05) is 0 Å². The van der Waals surface area contributed by atoms with Crippen LogP contribution in [0.15, 0.2) is 42.6 Å². The van der Waals surface area contributed by atoms with Gasteiger partial charge in [0.2, 0.25) is 5.91 Å². The smallest absolute Gasteiger partial charge is 0.328 e. The highest BCUT2D eigenvalue weighted by molar-refractivity contribution is 6.30. The predicted octanol–water partition coefficient (Wildman–Crippen LogP) is 2.86. The number of carbonyl (C=O) groups is 3. The topological polar surface area (TPSA) is 104 Å². The number of H-pyrrole nitrogens is 1. The van der Waals surface area contributed by atoms with Crippen LogP contribution in [0.25, 0.3) is 10.9 Å². The van der Waals surface area contributed by atoms with E-state index in [9.17, 15) is 18.8 Å². The number of rotatable bonds is 6. The van der Waals surface area contributed by atoms with Crippen LogP contribution in [0.2, 0.25) is 5.15 Å². The zero-order valence-electron chi connectivity index (χ0n) is 17.8. The number of methoxy groups -OCH3 is 1. The van der Waals surface area contributed by atoms with Crippen molar-refractivity contribution in [2.75, 3.05) is 13.7 Å². The van der Waals surface area contributed by atoms with Crippen molar-refractivity contribution in [2.24, 2.45) is 0 Å². The number of aromatic amines is 1. The second-order valence-electron chi connectivity index (χ2n) is 7.85. The molecule has 33 heavy (non-hydrogen) atoms. The van der Waals surface area contributed by atoms with Crippen molar-refractivity contribution in [3.05, 3.63) is 64.8 Å². The standard InChI is InChI=1S/C23H22ClFN4O4/c1-33-23(32)19-3-2-8-29(19)22(31)17(9-13-4-6-15(25)7-5-13)28-21(30)16-10-14-11-20(24)26-12-18(14)27-16/h4-7,10-12,17,19,27H,2-3,8-9H2,1H3,(H,28,30)/t17-,19-/m0/s1. The van der Waals surface area contributed by atoms with Crippen LogP contribution in [0.5, 0.6) is 0 Å². The number of nitrogens with one attached hydrogen (secondary N) is 2. The third kappa shape index (κ3) is 4.98. The molecule has 3 heterocycles. The number of halogens is 2. The number of esters is 1. The van der Waals surface area contributed by atoms with E-state index in [1.54, 1.807) is 24.3 Å². The number of aromatic nitrogens is 2. The molecule has 0 spiro atoms. The summed E-state index contributed by atoms with van der Waals surface area (Å²) in [5, 5.41) is 3.76. The summed E-state index contributed by atoms with van der Waals surface area (Å²) in [6.07, 6.45) is 2.79. The van der Waals surface area contributed by atoms with Gasteiger partial charge in [0, 0.05) is 18.4 Å². The molecule has 1 aliphatic heterocycles. The van der Waals surface area contributed by atoms with Crippen LogP contribution in [0.1, 0.15) is 28.9 Å². The molecule has 3 aromatic rings. The van der Waals surface area contributed by atoms with Crippen molar-refractivity contribution in [2.45, 2.75) is 31.3 Å². The van der Waals surface area contributed by atoms with E-state index >= 15 is 0 Å². The molecule has 1 aliphatic rings. The number of likely N-dealkylation sites (tertiary alicyclic amines) is 1. The summed E-state index contributed by atoms with van der Waals surface area (Å²) in [5.74, 6) is -1.80. The minimum absolute atomic E-state index is 0.128. The molecule has 2 N–H and O–H groups in total. The normalized spacial score (nSPS) is 16.6. The molecule has 0 saturated carbocycles. The molecule has 1 fully saturated rings. The van der Waals surface area contributed by atoms with Gasteiger partial charge in [-0.1, -0.05) is 23.7 Å². The van der Waals surface area contributed by atoms with Crippen LogP contribution in [0, 0.1) is 5.82 Å². The predicted molar refractivity (Wildman–Crippen MR) is 119 cm³/mol. The molecular formula is C23H22ClFN4O4. The van der Waals surface area contributed by atoms with E-state index in [4.69, 9.17) is 16.3 Å². The van der Waals surface area contributed by atoms with E-state index < -0.39 is 35.7 Å². The monoisotopic (exact) mass is 472 g/mol. The number of amides is 2. The molecule has 1 saturated heterocycles. The van der Waals surface area contributed by atoms with Crippen LogP contribution >= 0.6 is 11.6 Å². The van der Waals surface area contributed by atoms with Crippen molar-refractivity contribution in [3.63, 3.8) is 0 Å². The van der Waals surface area contributed by atoms with Crippen molar-refractivity contribution in [1.82, 2.24) is 20.2 Å². The fourth-order valence-corrected chi connectivity index (χ4v) is 4.20. The Balaban J connectivity index is 1.59. The molecule has 0 unspecified atom stereocenters. The summed E-state index contributed by atoms with van der Waals surface area (Å²) in [6.45, 7) is 0.380. The third-order valence-corrected chi connectivity index (χ3v) is 5.89. The first-order valence-corrected chi connectivity index (χ1v) is 10.8. The van der Waals surface area contributed by atoms with Crippen molar-refractivity contribution < 1.29 is 23.5 Å². The summed E-state index contributed by atoms with van der Waals surface area (Å²) < 4.78 is 18.2. The van der Waals surface area contributed by atoms with Crippen molar-refractivity contribution in [1.29, 1.82) is 0 Å². The highest BCUT2D eigenvalue weighted by Crippen LogP contribution is 2.22. The number of hydrogen-bond acceptors (Lipinski definition) is 5. The first-order chi connectivity index (χ1) is 15.9. The number of benzene rings is 1. The van der Waals surface area contributed by atoms with Crippen LogP contribution < -0.4 is 5.32 Å². The van der Waals surface area contributed by atoms with Gasteiger partial charge in [-0.2, -0.15) is 0 Å². The molecule has 2 aromatic heterocycles. The molecule has 2 amide bonds. The Labute approximate surface area is 194 Å². The Hall–Kier alpha value is -3.46. The second kappa shape index (κ2) is 9.58. The van der Waals surface area contributed by atoms with E-state index in [0.717, 1.165) is 0 Å². The van der Waals surface area contributed by atoms with Gasteiger partial charge in [0.25, 0.3) is 5.91 Å². The van der Waals surface area contributed by atoms with E-state index in [0.29, 0.717) is 41.0 Å². The quantitative estimate of drug-likeness (QED) is 0.424. The summed E-state index contributed by atoms with van der Waals surface area (Å²) in [4.78, 5) is 47.0. The Bertz CT molecular complexity index is 1200. The van der Waals surface area contributed by atoms with Gasteiger partial charge in [0.1, 0.15) is 28.7 Å². The minimum atomic E-state index is -0.971. The molecule has 2 atom stereocenters. The lowest BCUT2D eigenvalue weighted by molar-refractivity contribution is -0.151. The molecular weight excluding hydrogens is 451 g/mol. The highest BCUT2D eigenvalue weighted by Gasteiger charge is 2.38. The van der Waals surface area contributed by atoms with E-state index in [-0.39, 0.29) is 12.1 Å². The highest BCUT2D eigenvalue weighted by atomic mass is 35.5. The molecule has 0 bridgehead atoms. The zero-order chi connectivity index (χ0) is 23.5. The van der Waals surface area contributed by atoms with E-state index in [2.05, 4.69) is 15.3 Å². The van der Waals surface area contributed by atoms with Gasteiger partial charge in [0.05, 0.1) is 18.8 Å². The number of pyridine rings is 1. The van der Waals surface area contributed by atoms with Gasteiger partial charge in [-0.15, -0.1) is 0 Å². The SMILES string of the molecule is COC(=O)[C@@H]1CCCN1C(=O)[C@H](Cc1ccc(F)cc1)NC(=O)c1cc2cc(Cl)ncc2[nH]1. The lowest BCUT2D eigenvalue weighted by Gasteiger charge is -2.28. The Morgan fingerprint density at radius 2 is 2.06 bits per heavy atom. The van der Waals surface area contributed by atoms with Crippen LogP contribution in [-0.2, 0) is 20.7 Å². The maximum Gasteiger partial charge on any atom is 0.328 e. The average molecular weight is 473 g/mol. The maximum atomic E-state index is 13.4. The molecule has 8 nitrogen and oxygen atoms in total. The van der Waals surface area contributed by atoms with Gasteiger partial charge in [-0.05, 0) is 42.7 Å². The fraction of sp³-hybridized carbons (Fsp3) is 0.304. The van der Waals surface area contributed by atoms with Gasteiger partial charge in [-0.25, -0.2) is 14.2 Å². The summed E-state index contributed by atoms with van der Waals surface area (Å²) in [5.41, 5.74) is 1.52. The van der Waals surface area contributed by atoms with Gasteiger partial charge < -0.3 is 19.9 Å². The number of fused-ring (bicyclic) bond motifs is 1. The average Bonchev–Trinajstić information content (AvgIpc) is 3.46. The molecule has 10 heteroatoms. The number of hydrogen-bond donors (Lipinski definition) is 2. The van der Waals surface area contributed by atoms with Gasteiger partial charge >= 0.3 is 5.97 Å². The van der Waals surface area contributed by atoms with Gasteiger partial charge in [-0.3, -0.25) is 9.59 Å². The maximum absolute atomic E-state index is 13.4. The number of carbonyl (C=O) groups excluding carboxylic acids is 3. The molecule has 0 aliphatic carbocycles. The summed E-state index contributed by atoms with van der Waals surface area (Å²) in [7, 11) is 1.28. The van der Waals surface area contributed by atoms with Gasteiger partial charge in [0.15, 0.2) is 0 Å². The Kier molecular flexibility index (Phi) is 6.60. The summed E-state index contributed by atoms with van der Waals surface area (Å²) >= 11 is 5.92.